The molecule has 23 heavy (non-hydrogen) atoms. The summed E-state index contributed by atoms with van der Waals surface area (Å²) in [6.07, 6.45) is 2.47. The van der Waals surface area contributed by atoms with Gasteiger partial charge in [-0.3, -0.25) is 4.90 Å². The Balaban J connectivity index is 1.41. The van der Waals surface area contributed by atoms with E-state index >= 15 is 0 Å². The smallest absolute Gasteiger partial charge is 0.317 e. The molecule has 1 aliphatic rings. The number of piperazine rings is 1. The molecule has 3 rings (SSSR count). The van der Waals surface area contributed by atoms with Crippen molar-refractivity contribution in [2.24, 2.45) is 0 Å². The Morgan fingerprint density at radius 2 is 2.22 bits per heavy atom. The molecule has 0 aliphatic carbocycles. The molecule has 0 saturated carbocycles. The maximum absolute atomic E-state index is 12.3. The number of carbonyl (C=O) groups excluding carboxylic acids is 1. The second-order valence-electron chi connectivity index (χ2n) is 5.94. The fraction of sp³-hybridized carbons (Fsp3) is 0.500. The molecular weight excluding hydrogens is 312 g/mol. The van der Waals surface area contributed by atoms with Crippen molar-refractivity contribution in [1.82, 2.24) is 20.3 Å². The lowest BCUT2D eigenvalue weighted by Gasteiger charge is -2.34. The van der Waals surface area contributed by atoms with E-state index in [0.29, 0.717) is 0 Å². The third kappa shape index (κ3) is 4.56. The summed E-state index contributed by atoms with van der Waals surface area (Å²) in [4.78, 5) is 16.5. The molecule has 1 saturated heterocycles. The highest BCUT2D eigenvalue weighted by Crippen LogP contribution is 2.10. The highest BCUT2D eigenvalue weighted by Gasteiger charge is 2.22. The Hall–Kier alpha value is -1.86. The number of hydrogen-bond donors (Lipinski definition) is 1. The molecule has 3 heterocycles. The van der Waals surface area contributed by atoms with Gasteiger partial charge < -0.3 is 14.7 Å². The third-order valence-electron chi connectivity index (χ3n) is 4.03. The van der Waals surface area contributed by atoms with E-state index in [4.69, 9.17) is 4.52 Å². The van der Waals surface area contributed by atoms with Crippen LogP contribution in [0.3, 0.4) is 0 Å². The number of thiophene rings is 1. The number of nitrogens with zero attached hydrogens (tertiary/aromatic N) is 3. The average Bonchev–Trinajstić information content (AvgIpc) is 3.21. The van der Waals surface area contributed by atoms with Crippen molar-refractivity contribution in [1.29, 1.82) is 0 Å². The van der Waals surface area contributed by atoms with Crippen LogP contribution in [-0.2, 0) is 13.0 Å². The minimum atomic E-state index is 0.0359. The number of aromatic nitrogens is 1. The van der Waals surface area contributed by atoms with Crippen LogP contribution in [0.2, 0.25) is 0 Å². The molecule has 2 amide bonds. The number of rotatable bonds is 5. The summed E-state index contributed by atoms with van der Waals surface area (Å²) in [5, 5.41) is 11.2. The summed E-state index contributed by atoms with van der Waals surface area (Å²) in [5.41, 5.74) is 2.22. The van der Waals surface area contributed by atoms with E-state index in [1.165, 1.54) is 5.56 Å². The van der Waals surface area contributed by atoms with Crippen LogP contribution in [0.4, 0.5) is 4.79 Å². The lowest BCUT2D eigenvalue weighted by Crippen LogP contribution is -2.53. The predicted molar refractivity (Wildman–Crippen MR) is 89.4 cm³/mol. The van der Waals surface area contributed by atoms with Crippen LogP contribution in [0.15, 0.2) is 33.7 Å². The van der Waals surface area contributed by atoms with Gasteiger partial charge in [-0.2, -0.15) is 11.3 Å². The first-order valence-corrected chi connectivity index (χ1v) is 8.83. The number of hydrogen-bond acceptors (Lipinski definition) is 5. The minimum absolute atomic E-state index is 0.0359. The monoisotopic (exact) mass is 334 g/mol. The van der Waals surface area contributed by atoms with Gasteiger partial charge in [0, 0.05) is 44.8 Å². The second-order valence-corrected chi connectivity index (χ2v) is 6.72. The molecule has 1 fully saturated rings. The minimum Gasteiger partial charge on any atom is -0.364 e. The van der Waals surface area contributed by atoms with Gasteiger partial charge in [0.25, 0.3) is 0 Å². The molecule has 6 nitrogen and oxygen atoms in total. The molecule has 2 aromatic heterocycles. The summed E-state index contributed by atoms with van der Waals surface area (Å²) in [5.74, 6) is 0. The highest BCUT2D eigenvalue weighted by molar-refractivity contribution is 7.07. The fourth-order valence-electron chi connectivity index (χ4n) is 2.77. The Morgan fingerprint density at radius 1 is 1.39 bits per heavy atom. The van der Waals surface area contributed by atoms with Crippen LogP contribution in [0.1, 0.15) is 18.2 Å². The molecule has 2 aromatic rings. The largest absolute Gasteiger partial charge is 0.364 e. The Kier molecular flexibility index (Phi) is 5.30. The normalized spacial score (nSPS) is 17.2. The maximum Gasteiger partial charge on any atom is 0.317 e. The van der Waals surface area contributed by atoms with E-state index in [0.717, 1.165) is 44.8 Å². The average molecular weight is 334 g/mol. The van der Waals surface area contributed by atoms with E-state index in [1.54, 1.807) is 17.6 Å². The van der Waals surface area contributed by atoms with Crippen molar-refractivity contribution >= 4 is 17.4 Å². The van der Waals surface area contributed by atoms with Crippen LogP contribution in [0.25, 0.3) is 0 Å². The summed E-state index contributed by atoms with van der Waals surface area (Å²) >= 11 is 1.69. The molecule has 1 N–H and O–H groups in total. The van der Waals surface area contributed by atoms with Crippen LogP contribution >= 0.6 is 11.3 Å². The van der Waals surface area contributed by atoms with Crippen molar-refractivity contribution in [3.05, 3.63) is 40.4 Å². The van der Waals surface area contributed by atoms with E-state index in [9.17, 15) is 4.79 Å². The van der Waals surface area contributed by atoms with Crippen molar-refractivity contribution in [2.75, 3.05) is 26.2 Å². The molecule has 1 atom stereocenters. The Labute approximate surface area is 140 Å². The number of nitrogens with one attached hydrogen (secondary N) is 1. The zero-order valence-corrected chi connectivity index (χ0v) is 14.1. The molecule has 1 aliphatic heterocycles. The first-order valence-electron chi connectivity index (χ1n) is 7.89. The first-order chi connectivity index (χ1) is 11.2. The summed E-state index contributed by atoms with van der Waals surface area (Å²) in [7, 11) is 0. The molecule has 0 unspecified atom stereocenters. The molecule has 7 heteroatoms. The van der Waals surface area contributed by atoms with Crippen LogP contribution in [0, 0.1) is 0 Å². The topological polar surface area (TPSA) is 61.6 Å². The summed E-state index contributed by atoms with van der Waals surface area (Å²) < 4.78 is 4.85. The molecule has 0 radical (unpaired) electrons. The van der Waals surface area contributed by atoms with Gasteiger partial charge in [-0.25, -0.2) is 4.79 Å². The first kappa shape index (κ1) is 16.0. The van der Waals surface area contributed by atoms with Gasteiger partial charge in [0.1, 0.15) is 6.26 Å². The zero-order chi connectivity index (χ0) is 16.1. The molecule has 0 aromatic carbocycles. The predicted octanol–water partition coefficient (Wildman–Crippen LogP) is 2.19. The molecule has 124 valence electrons. The van der Waals surface area contributed by atoms with Gasteiger partial charge in [-0.1, -0.05) is 5.16 Å². The van der Waals surface area contributed by atoms with Crippen molar-refractivity contribution in [2.45, 2.75) is 25.9 Å². The summed E-state index contributed by atoms with van der Waals surface area (Å²) in [6.45, 7) is 6.04. The zero-order valence-electron chi connectivity index (χ0n) is 13.3. The van der Waals surface area contributed by atoms with Gasteiger partial charge in [0.05, 0.1) is 5.69 Å². The van der Waals surface area contributed by atoms with E-state index in [-0.39, 0.29) is 12.1 Å². The maximum atomic E-state index is 12.3. The molecule has 0 spiro atoms. The third-order valence-corrected chi connectivity index (χ3v) is 4.76. The highest BCUT2D eigenvalue weighted by atomic mass is 32.1. The van der Waals surface area contributed by atoms with Crippen LogP contribution < -0.4 is 5.32 Å². The standard InChI is InChI=1S/C16H22N4O2S/c1-13(10-14-3-9-23-12-14)17-16(21)20-6-4-19(5-7-20)11-15-2-8-22-18-15/h2-3,8-9,12-13H,4-7,10-11H2,1H3,(H,17,21)/t13-/m1/s1. The Bertz CT molecular complexity index is 592. The summed E-state index contributed by atoms with van der Waals surface area (Å²) in [6, 6.07) is 4.17. The van der Waals surface area contributed by atoms with Gasteiger partial charge in [-0.05, 0) is 35.7 Å². The lowest BCUT2D eigenvalue weighted by atomic mass is 10.1. The number of carbonyl (C=O) groups is 1. The number of amides is 2. The van der Waals surface area contributed by atoms with Crippen LogP contribution in [0.5, 0.6) is 0 Å². The molecular formula is C16H22N4O2S. The van der Waals surface area contributed by atoms with Gasteiger partial charge in [-0.15, -0.1) is 0 Å². The number of urea groups is 1. The van der Waals surface area contributed by atoms with Gasteiger partial charge >= 0.3 is 6.03 Å². The molecule has 0 bridgehead atoms. The van der Waals surface area contributed by atoms with Crippen molar-refractivity contribution < 1.29 is 9.32 Å². The van der Waals surface area contributed by atoms with E-state index in [1.807, 2.05) is 11.0 Å². The van der Waals surface area contributed by atoms with Crippen LogP contribution in [-0.4, -0.2) is 53.2 Å². The van der Waals surface area contributed by atoms with E-state index < -0.39 is 0 Å². The quantitative estimate of drug-likeness (QED) is 0.910. The van der Waals surface area contributed by atoms with Gasteiger partial charge in [0.15, 0.2) is 0 Å². The fourth-order valence-corrected chi connectivity index (χ4v) is 3.45. The van der Waals surface area contributed by atoms with Crippen molar-refractivity contribution in [3.63, 3.8) is 0 Å². The lowest BCUT2D eigenvalue weighted by molar-refractivity contribution is 0.132. The second kappa shape index (κ2) is 7.61. The van der Waals surface area contributed by atoms with Crippen molar-refractivity contribution in [3.8, 4) is 0 Å². The SMILES string of the molecule is C[C@H](Cc1ccsc1)NC(=O)N1CCN(Cc2ccon2)CC1. The van der Waals surface area contributed by atoms with E-state index in [2.05, 4.69) is 39.1 Å². The Morgan fingerprint density at radius 3 is 2.87 bits per heavy atom. The van der Waals surface area contributed by atoms with Gasteiger partial charge in [0.2, 0.25) is 0 Å².